The maximum Gasteiger partial charge on any atom is 0.306 e. The third-order valence-corrected chi connectivity index (χ3v) is 3.81. The molecule has 2 heterocycles. The van der Waals surface area contributed by atoms with Crippen LogP contribution < -0.4 is 0 Å². The molecule has 0 aliphatic carbocycles. The van der Waals surface area contributed by atoms with Gasteiger partial charge in [0.2, 0.25) is 5.91 Å². The Bertz CT molecular complexity index is 290. The van der Waals surface area contributed by atoms with Crippen LogP contribution in [0.1, 0.15) is 32.6 Å². The van der Waals surface area contributed by atoms with Crippen LogP contribution in [0.3, 0.4) is 0 Å². The summed E-state index contributed by atoms with van der Waals surface area (Å²) >= 11 is 0. The maximum atomic E-state index is 11.7. The average Bonchev–Trinajstić information content (AvgIpc) is 2.56. The van der Waals surface area contributed by atoms with E-state index in [2.05, 4.69) is 0 Å². The van der Waals surface area contributed by atoms with Gasteiger partial charge in [-0.15, -0.1) is 0 Å². The predicted molar refractivity (Wildman–Crippen MR) is 54.3 cm³/mol. The van der Waals surface area contributed by atoms with Crippen LogP contribution >= 0.6 is 0 Å². The Kier molecular flexibility index (Phi) is 2.67. The van der Waals surface area contributed by atoms with E-state index in [1.165, 1.54) is 0 Å². The summed E-state index contributed by atoms with van der Waals surface area (Å²) in [5.74, 6) is -1.00. The van der Waals surface area contributed by atoms with Crippen LogP contribution in [0.4, 0.5) is 0 Å². The lowest BCUT2D eigenvalue weighted by Crippen LogP contribution is -2.41. The number of carbonyl (C=O) groups excluding carboxylic acids is 1. The van der Waals surface area contributed by atoms with E-state index in [1.807, 2.05) is 4.90 Å². The fraction of sp³-hybridized carbons (Fsp3) is 0.818. The molecule has 2 rings (SSSR count). The topological polar surface area (TPSA) is 57.6 Å². The summed E-state index contributed by atoms with van der Waals surface area (Å²) in [6.45, 7) is 2.55. The molecular formula is C11H17NO3. The molecule has 0 aromatic rings. The van der Waals surface area contributed by atoms with Gasteiger partial charge in [0.1, 0.15) is 0 Å². The second kappa shape index (κ2) is 3.83. The average molecular weight is 211 g/mol. The highest BCUT2D eigenvalue weighted by molar-refractivity contribution is 5.81. The molecule has 0 spiro atoms. The van der Waals surface area contributed by atoms with Crippen LogP contribution in [-0.2, 0) is 9.59 Å². The number of carboxylic acid groups (broad SMARTS) is 1. The third-order valence-electron chi connectivity index (χ3n) is 3.81. The van der Waals surface area contributed by atoms with Gasteiger partial charge in [-0.05, 0) is 19.3 Å². The van der Waals surface area contributed by atoms with E-state index in [4.69, 9.17) is 5.11 Å². The molecule has 0 bridgehead atoms. The maximum absolute atomic E-state index is 11.7. The van der Waals surface area contributed by atoms with E-state index in [0.717, 1.165) is 25.8 Å². The molecule has 4 nitrogen and oxygen atoms in total. The van der Waals surface area contributed by atoms with Crippen LogP contribution in [0.2, 0.25) is 0 Å². The molecule has 15 heavy (non-hydrogen) atoms. The van der Waals surface area contributed by atoms with Gasteiger partial charge in [-0.3, -0.25) is 9.59 Å². The molecule has 84 valence electrons. The summed E-state index contributed by atoms with van der Waals surface area (Å²) in [7, 11) is 0. The number of hydrogen-bond acceptors (Lipinski definition) is 2. The molecule has 2 fully saturated rings. The highest BCUT2D eigenvalue weighted by Gasteiger charge is 2.44. The first-order valence-corrected chi connectivity index (χ1v) is 5.63. The first-order valence-electron chi connectivity index (χ1n) is 5.63. The Morgan fingerprint density at radius 1 is 1.53 bits per heavy atom. The largest absolute Gasteiger partial charge is 0.481 e. The molecule has 0 aromatic carbocycles. The molecule has 0 saturated carbocycles. The first-order chi connectivity index (χ1) is 7.11. The van der Waals surface area contributed by atoms with Gasteiger partial charge in [-0.25, -0.2) is 0 Å². The van der Waals surface area contributed by atoms with Gasteiger partial charge in [0.05, 0.1) is 5.92 Å². The predicted octanol–water partition coefficient (Wildman–Crippen LogP) is 1.11. The fourth-order valence-corrected chi connectivity index (χ4v) is 2.86. The van der Waals surface area contributed by atoms with Gasteiger partial charge in [-0.1, -0.05) is 6.92 Å². The molecule has 1 amide bonds. The first kappa shape index (κ1) is 10.5. The summed E-state index contributed by atoms with van der Waals surface area (Å²) in [6.07, 6.45) is 3.60. The van der Waals surface area contributed by atoms with Crippen molar-refractivity contribution in [2.75, 3.05) is 6.54 Å². The van der Waals surface area contributed by atoms with E-state index in [9.17, 15) is 9.59 Å². The summed E-state index contributed by atoms with van der Waals surface area (Å²) in [5, 5.41) is 8.99. The third kappa shape index (κ3) is 1.73. The highest BCUT2D eigenvalue weighted by atomic mass is 16.4. The molecule has 2 aliphatic rings. The molecular weight excluding hydrogens is 194 g/mol. The van der Waals surface area contributed by atoms with Crippen molar-refractivity contribution in [2.45, 2.75) is 38.6 Å². The Balaban J connectivity index is 2.14. The van der Waals surface area contributed by atoms with Gasteiger partial charge in [0.25, 0.3) is 0 Å². The van der Waals surface area contributed by atoms with Crippen molar-refractivity contribution in [1.82, 2.24) is 4.90 Å². The van der Waals surface area contributed by atoms with E-state index in [-0.39, 0.29) is 17.9 Å². The molecule has 2 aliphatic heterocycles. The number of amides is 1. The van der Waals surface area contributed by atoms with Crippen molar-refractivity contribution >= 4 is 11.9 Å². The minimum atomic E-state index is -0.778. The normalized spacial score (nSPS) is 32.6. The molecule has 1 N–H and O–H groups in total. The standard InChI is InChI=1S/C11H17NO3/c1-7(11(14)15)8-6-10(13)12-5-3-2-4-9(8)12/h7-9H,2-6H2,1H3,(H,14,15). The van der Waals surface area contributed by atoms with Crippen LogP contribution in [0, 0.1) is 11.8 Å². The minimum Gasteiger partial charge on any atom is -0.481 e. The second-order valence-electron chi connectivity index (χ2n) is 4.65. The van der Waals surface area contributed by atoms with Crippen LogP contribution in [0.5, 0.6) is 0 Å². The van der Waals surface area contributed by atoms with Crippen molar-refractivity contribution < 1.29 is 14.7 Å². The molecule has 3 atom stereocenters. The summed E-state index contributed by atoms with van der Waals surface area (Å²) in [4.78, 5) is 24.5. The molecule has 2 saturated heterocycles. The zero-order chi connectivity index (χ0) is 11.0. The van der Waals surface area contributed by atoms with Crippen molar-refractivity contribution in [2.24, 2.45) is 11.8 Å². The quantitative estimate of drug-likeness (QED) is 0.744. The zero-order valence-electron chi connectivity index (χ0n) is 8.98. The zero-order valence-corrected chi connectivity index (χ0v) is 8.98. The molecule has 4 heteroatoms. The van der Waals surface area contributed by atoms with Crippen LogP contribution in [0.25, 0.3) is 0 Å². The lowest BCUT2D eigenvalue weighted by atomic mass is 9.84. The van der Waals surface area contributed by atoms with Crippen molar-refractivity contribution in [3.63, 3.8) is 0 Å². The number of aliphatic carboxylic acids is 1. The van der Waals surface area contributed by atoms with Crippen molar-refractivity contribution in [3.05, 3.63) is 0 Å². The van der Waals surface area contributed by atoms with Crippen LogP contribution in [-0.4, -0.2) is 34.5 Å². The Morgan fingerprint density at radius 3 is 2.93 bits per heavy atom. The molecule has 0 radical (unpaired) electrons. The molecule has 0 aromatic heterocycles. The number of carboxylic acids is 1. The van der Waals surface area contributed by atoms with Gasteiger partial charge in [0.15, 0.2) is 0 Å². The van der Waals surface area contributed by atoms with E-state index < -0.39 is 11.9 Å². The van der Waals surface area contributed by atoms with Gasteiger partial charge in [0, 0.05) is 24.9 Å². The lowest BCUT2D eigenvalue weighted by molar-refractivity contribution is -0.143. The summed E-state index contributed by atoms with van der Waals surface area (Å²) in [6, 6.07) is 0.192. The van der Waals surface area contributed by atoms with Crippen LogP contribution in [0.15, 0.2) is 0 Å². The van der Waals surface area contributed by atoms with E-state index in [0.29, 0.717) is 6.42 Å². The highest BCUT2D eigenvalue weighted by Crippen LogP contribution is 2.36. The molecule has 3 unspecified atom stereocenters. The number of piperidine rings is 1. The monoisotopic (exact) mass is 211 g/mol. The van der Waals surface area contributed by atoms with E-state index >= 15 is 0 Å². The number of hydrogen-bond donors (Lipinski definition) is 1. The number of fused-ring (bicyclic) bond motifs is 1. The Hall–Kier alpha value is -1.06. The van der Waals surface area contributed by atoms with Gasteiger partial charge >= 0.3 is 5.97 Å². The van der Waals surface area contributed by atoms with Gasteiger partial charge < -0.3 is 10.0 Å². The van der Waals surface area contributed by atoms with E-state index in [1.54, 1.807) is 6.92 Å². The second-order valence-corrected chi connectivity index (χ2v) is 4.65. The smallest absolute Gasteiger partial charge is 0.306 e. The number of carbonyl (C=O) groups is 2. The minimum absolute atomic E-state index is 0.0234. The number of nitrogens with zero attached hydrogens (tertiary/aromatic N) is 1. The Labute approximate surface area is 89.3 Å². The van der Waals surface area contributed by atoms with Crippen molar-refractivity contribution in [1.29, 1.82) is 0 Å². The summed E-state index contributed by atoms with van der Waals surface area (Å²) in [5.41, 5.74) is 0. The Morgan fingerprint density at radius 2 is 2.27 bits per heavy atom. The number of rotatable bonds is 2. The SMILES string of the molecule is CC(C(=O)O)C1CC(=O)N2CCCCC12. The fourth-order valence-electron chi connectivity index (χ4n) is 2.86. The van der Waals surface area contributed by atoms with Crippen molar-refractivity contribution in [3.8, 4) is 0 Å². The lowest BCUT2D eigenvalue weighted by Gasteiger charge is -2.33. The van der Waals surface area contributed by atoms with Gasteiger partial charge in [-0.2, -0.15) is 0 Å². The summed E-state index contributed by atoms with van der Waals surface area (Å²) < 4.78 is 0.